The van der Waals surface area contributed by atoms with E-state index in [0.717, 1.165) is 17.4 Å². The molecule has 1 aliphatic heterocycles. The Balaban J connectivity index is 1.74. The van der Waals surface area contributed by atoms with E-state index in [-0.39, 0.29) is 6.04 Å². The summed E-state index contributed by atoms with van der Waals surface area (Å²) < 4.78 is 11.2. The minimum absolute atomic E-state index is 0.128. The summed E-state index contributed by atoms with van der Waals surface area (Å²) in [6.45, 7) is 3.61. The highest BCUT2D eigenvalue weighted by molar-refractivity contribution is 5.44. The van der Waals surface area contributed by atoms with Crippen molar-refractivity contribution in [3.05, 3.63) is 23.8 Å². The van der Waals surface area contributed by atoms with Gasteiger partial charge in [-0.2, -0.15) is 0 Å². The van der Waals surface area contributed by atoms with Crippen LogP contribution in [0.25, 0.3) is 0 Å². The fourth-order valence-electron chi connectivity index (χ4n) is 3.18. The molecule has 0 spiro atoms. The van der Waals surface area contributed by atoms with Gasteiger partial charge in [0, 0.05) is 6.04 Å². The molecule has 0 amide bonds. The molecule has 0 bridgehead atoms. The van der Waals surface area contributed by atoms with Crippen LogP contribution in [0.2, 0.25) is 0 Å². The van der Waals surface area contributed by atoms with E-state index < -0.39 is 0 Å². The molecule has 1 saturated carbocycles. The highest BCUT2D eigenvalue weighted by Gasteiger charge is 2.25. The Labute approximate surface area is 115 Å². The third-order valence-corrected chi connectivity index (χ3v) is 4.52. The first-order valence-electron chi connectivity index (χ1n) is 7.39. The molecule has 3 heteroatoms. The molecule has 2 aliphatic rings. The van der Waals surface area contributed by atoms with E-state index in [1.54, 1.807) is 0 Å². The van der Waals surface area contributed by atoms with Gasteiger partial charge in [0.05, 0.1) is 0 Å². The van der Waals surface area contributed by atoms with Crippen molar-refractivity contribution in [1.29, 1.82) is 0 Å². The first kappa shape index (κ1) is 12.8. The van der Waals surface area contributed by atoms with Crippen LogP contribution in [0.1, 0.15) is 44.2 Å². The molecule has 3 nitrogen and oxygen atoms in total. The predicted molar refractivity (Wildman–Crippen MR) is 75.5 cm³/mol. The summed E-state index contributed by atoms with van der Waals surface area (Å²) in [5, 5.41) is 0. The SMILES string of the molecule is CC1CCC(C(N)c2ccc3c(c2)OCCO3)CC1. The maximum Gasteiger partial charge on any atom is 0.161 e. The molecular weight excluding hydrogens is 238 g/mol. The van der Waals surface area contributed by atoms with E-state index >= 15 is 0 Å². The summed E-state index contributed by atoms with van der Waals surface area (Å²) in [6.07, 6.45) is 5.11. The van der Waals surface area contributed by atoms with E-state index in [0.29, 0.717) is 19.1 Å². The third-order valence-electron chi connectivity index (χ3n) is 4.52. The Bertz CT molecular complexity index is 438. The lowest BCUT2D eigenvalue weighted by molar-refractivity contribution is 0.171. The van der Waals surface area contributed by atoms with Crippen molar-refractivity contribution in [3.8, 4) is 11.5 Å². The van der Waals surface area contributed by atoms with Gasteiger partial charge in [0.15, 0.2) is 11.5 Å². The van der Waals surface area contributed by atoms with Crippen molar-refractivity contribution in [3.63, 3.8) is 0 Å². The number of ether oxygens (including phenoxy) is 2. The molecule has 0 aromatic heterocycles. The van der Waals surface area contributed by atoms with Gasteiger partial charge < -0.3 is 15.2 Å². The van der Waals surface area contributed by atoms with Crippen LogP contribution in [-0.2, 0) is 0 Å². The molecule has 3 rings (SSSR count). The van der Waals surface area contributed by atoms with Gasteiger partial charge in [-0.05, 0) is 42.4 Å². The molecule has 1 aromatic carbocycles. The van der Waals surface area contributed by atoms with Gasteiger partial charge in [0.2, 0.25) is 0 Å². The normalized spacial score (nSPS) is 27.9. The molecule has 1 heterocycles. The molecule has 0 radical (unpaired) electrons. The number of rotatable bonds is 2. The largest absolute Gasteiger partial charge is 0.486 e. The van der Waals surface area contributed by atoms with Crippen LogP contribution in [0.4, 0.5) is 0 Å². The van der Waals surface area contributed by atoms with Crippen LogP contribution < -0.4 is 15.2 Å². The van der Waals surface area contributed by atoms with Crippen molar-refractivity contribution < 1.29 is 9.47 Å². The fourth-order valence-corrected chi connectivity index (χ4v) is 3.18. The van der Waals surface area contributed by atoms with E-state index in [2.05, 4.69) is 19.1 Å². The van der Waals surface area contributed by atoms with Crippen LogP contribution in [-0.4, -0.2) is 13.2 Å². The molecule has 19 heavy (non-hydrogen) atoms. The molecule has 1 aliphatic carbocycles. The molecule has 2 N–H and O–H groups in total. The van der Waals surface area contributed by atoms with Gasteiger partial charge in [0.25, 0.3) is 0 Å². The number of hydrogen-bond acceptors (Lipinski definition) is 3. The summed E-state index contributed by atoms with van der Waals surface area (Å²) in [4.78, 5) is 0. The van der Waals surface area contributed by atoms with Crippen molar-refractivity contribution >= 4 is 0 Å². The summed E-state index contributed by atoms with van der Waals surface area (Å²) in [5.41, 5.74) is 7.64. The van der Waals surface area contributed by atoms with Crippen LogP contribution >= 0.6 is 0 Å². The fraction of sp³-hybridized carbons (Fsp3) is 0.625. The monoisotopic (exact) mass is 261 g/mol. The summed E-state index contributed by atoms with van der Waals surface area (Å²) in [6, 6.07) is 6.28. The lowest BCUT2D eigenvalue weighted by Gasteiger charge is -2.31. The number of nitrogens with two attached hydrogens (primary N) is 1. The third kappa shape index (κ3) is 2.71. The Morgan fingerprint density at radius 1 is 1.05 bits per heavy atom. The van der Waals surface area contributed by atoms with Gasteiger partial charge in [-0.15, -0.1) is 0 Å². The summed E-state index contributed by atoms with van der Waals surface area (Å²) >= 11 is 0. The van der Waals surface area contributed by atoms with Gasteiger partial charge in [0.1, 0.15) is 13.2 Å². The highest BCUT2D eigenvalue weighted by atomic mass is 16.6. The van der Waals surface area contributed by atoms with Crippen LogP contribution in [0.5, 0.6) is 11.5 Å². The molecule has 1 atom stereocenters. The van der Waals surface area contributed by atoms with Crippen LogP contribution in [0, 0.1) is 11.8 Å². The second-order valence-electron chi connectivity index (χ2n) is 5.95. The maximum absolute atomic E-state index is 6.45. The van der Waals surface area contributed by atoms with E-state index in [9.17, 15) is 0 Å². The number of benzene rings is 1. The molecule has 1 unspecified atom stereocenters. The average Bonchev–Trinajstić information content (AvgIpc) is 2.47. The van der Waals surface area contributed by atoms with Gasteiger partial charge in [-0.1, -0.05) is 25.8 Å². The lowest BCUT2D eigenvalue weighted by atomic mass is 9.77. The smallest absolute Gasteiger partial charge is 0.161 e. The Kier molecular flexibility index (Phi) is 3.65. The van der Waals surface area contributed by atoms with E-state index in [1.165, 1.54) is 31.2 Å². The van der Waals surface area contributed by atoms with Gasteiger partial charge >= 0.3 is 0 Å². The zero-order chi connectivity index (χ0) is 13.2. The lowest BCUT2D eigenvalue weighted by Crippen LogP contribution is -2.25. The highest BCUT2D eigenvalue weighted by Crippen LogP contribution is 2.38. The molecule has 0 saturated heterocycles. The average molecular weight is 261 g/mol. The molecule has 104 valence electrons. The van der Waals surface area contributed by atoms with Crippen molar-refractivity contribution in [2.45, 2.75) is 38.6 Å². The number of hydrogen-bond donors (Lipinski definition) is 1. The molecule has 1 aromatic rings. The van der Waals surface area contributed by atoms with Gasteiger partial charge in [-0.25, -0.2) is 0 Å². The van der Waals surface area contributed by atoms with Crippen LogP contribution in [0.15, 0.2) is 18.2 Å². The van der Waals surface area contributed by atoms with Crippen molar-refractivity contribution in [2.24, 2.45) is 17.6 Å². The van der Waals surface area contributed by atoms with E-state index in [4.69, 9.17) is 15.2 Å². The quantitative estimate of drug-likeness (QED) is 0.888. The second kappa shape index (κ2) is 5.41. The van der Waals surface area contributed by atoms with Crippen molar-refractivity contribution in [1.82, 2.24) is 0 Å². The van der Waals surface area contributed by atoms with Gasteiger partial charge in [-0.3, -0.25) is 0 Å². The minimum atomic E-state index is 0.128. The first-order valence-corrected chi connectivity index (χ1v) is 7.39. The van der Waals surface area contributed by atoms with Crippen molar-refractivity contribution in [2.75, 3.05) is 13.2 Å². The molecular formula is C16H23NO2. The Hall–Kier alpha value is -1.22. The topological polar surface area (TPSA) is 44.5 Å². The zero-order valence-corrected chi connectivity index (χ0v) is 11.6. The Morgan fingerprint density at radius 2 is 1.74 bits per heavy atom. The Morgan fingerprint density at radius 3 is 2.47 bits per heavy atom. The number of fused-ring (bicyclic) bond motifs is 1. The second-order valence-corrected chi connectivity index (χ2v) is 5.95. The summed E-state index contributed by atoms with van der Waals surface area (Å²) in [7, 11) is 0. The standard InChI is InChI=1S/C16H23NO2/c1-11-2-4-12(5-3-11)16(17)13-6-7-14-15(10-13)19-9-8-18-14/h6-7,10-12,16H,2-5,8-9,17H2,1H3. The minimum Gasteiger partial charge on any atom is -0.486 e. The van der Waals surface area contributed by atoms with E-state index in [1.807, 2.05) is 6.07 Å². The first-order chi connectivity index (χ1) is 9.24. The zero-order valence-electron chi connectivity index (χ0n) is 11.6. The molecule has 1 fully saturated rings. The maximum atomic E-state index is 6.45. The van der Waals surface area contributed by atoms with Crippen LogP contribution in [0.3, 0.4) is 0 Å². The predicted octanol–water partition coefficient (Wildman–Crippen LogP) is 3.28. The summed E-state index contributed by atoms with van der Waals surface area (Å²) in [5.74, 6) is 3.17.